The lowest BCUT2D eigenvalue weighted by atomic mass is 9.52. The van der Waals surface area contributed by atoms with E-state index in [1.807, 2.05) is 6.92 Å². The summed E-state index contributed by atoms with van der Waals surface area (Å²) in [4.78, 5) is 15.3. The highest BCUT2D eigenvalue weighted by Crippen LogP contribution is 2.57. The Morgan fingerprint density at radius 2 is 1.96 bits per heavy atom. The summed E-state index contributed by atoms with van der Waals surface area (Å²) in [7, 11) is 0. The summed E-state index contributed by atoms with van der Waals surface area (Å²) in [6.07, 6.45) is 7.91. The minimum absolute atomic E-state index is 0.0132. The smallest absolute Gasteiger partial charge is 0.233 e. The Kier molecular flexibility index (Phi) is 5.60. The number of rotatable bonds is 8. The maximum Gasteiger partial charge on any atom is 0.233 e. The van der Waals surface area contributed by atoms with E-state index < -0.39 is 0 Å². The molecule has 1 amide bonds. The molecule has 8 heteroatoms. The number of thioether (sulfide) groups is 1. The number of aromatic nitrogens is 2. The molecule has 0 unspecified atom stereocenters. The van der Waals surface area contributed by atoms with E-state index in [9.17, 15) is 4.79 Å². The third-order valence-electron chi connectivity index (χ3n) is 6.38. The molecule has 0 radical (unpaired) electrons. The average molecular weight is 406 g/mol. The van der Waals surface area contributed by atoms with Crippen LogP contribution in [0.5, 0.6) is 0 Å². The van der Waals surface area contributed by atoms with Gasteiger partial charge in [0.1, 0.15) is 0 Å². The lowest BCUT2D eigenvalue weighted by Crippen LogP contribution is -2.62. The lowest BCUT2D eigenvalue weighted by molar-refractivity contribution is -0.147. The molecule has 146 valence electrons. The summed E-state index contributed by atoms with van der Waals surface area (Å²) in [6.45, 7) is 3.41. The molecule has 0 spiro atoms. The van der Waals surface area contributed by atoms with Crippen LogP contribution in [0.2, 0.25) is 0 Å². The van der Waals surface area contributed by atoms with Gasteiger partial charge in [-0.15, -0.1) is 10.2 Å². The summed E-state index contributed by atoms with van der Waals surface area (Å²) in [5.74, 6) is 2.90. The van der Waals surface area contributed by atoms with Crippen molar-refractivity contribution in [2.24, 2.45) is 17.8 Å². The van der Waals surface area contributed by atoms with Gasteiger partial charge in [-0.05, 0) is 63.2 Å². The Morgan fingerprint density at radius 1 is 1.30 bits per heavy atom. The fourth-order valence-electron chi connectivity index (χ4n) is 5.88. The maximum atomic E-state index is 13.2. The van der Waals surface area contributed by atoms with Crippen molar-refractivity contribution in [2.75, 3.05) is 24.2 Å². The fraction of sp³-hybridized carbons (Fsp3) is 0.789. The third kappa shape index (κ3) is 3.95. The Bertz CT molecular complexity index is 693. The molecule has 4 saturated carbocycles. The Hall–Kier alpha value is -1.33. The summed E-state index contributed by atoms with van der Waals surface area (Å²) in [5, 5.41) is 21.3. The minimum Gasteiger partial charge on any atom is -0.360 e. The molecule has 4 fully saturated rings. The number of nitriles is 1. The van der Waals surface area contributed by atoms with Crippen LogP contribution in [-0.2, 0) is 4.79 Å². The summed E-state index contributed by atoms with van der Waals surface area (Å²) < 4.78 is 0.824. The first-order valence-electron chi connectivity index (χ1n) is 9.99. The van der Waals surface area contributed by atoms with Gasteiger partial charge >= 0.3 is 0 Å². The standard InChI is InChI=1S/C19H27N5OS2/c1-2-21-17-22-23-18(27-17)26-12-16(25)24(5-3-4-20)19-9-13-6-14(10-19)8-15(7-13)11-19/h13-15H,2-3,5-12H2,1H3,(H,21,22). The van der Waals surface area contributed by atoms with Crippen LogP contribution in [-0.4, -0.2) is 45.4 Å². The van der Waals surface area contributed by atoms with Crippen molar-refractivity contribution in [1.29, 1.82) is 5.26 Å². The van der Waals surface area contributed by atoms with Crippen LogP contribution in [0.4, 0.5) is 5.13 Å². The van der Waals surface area contributed by atoms with Gasteiger partial charge < -0.3 is 10.2 Å². The number of carbonyl (C=O) groups is 1. The number of anilines is 1. The van der Waals surface area contributed by atoms with Crippen molar-refractivity contribution in [2.45, 2.75) is 61.7 Å². The lowest BCUT2D eigenvalue weighted by Gasteiger charge is -2.60. The van der Waals surface area contributed by atoms with Crippen LogP contribution in [0.3, 0.4) is 0 Å². The number of hydrogen-bond acceptors (Lipinski definition) is 7. The summed E-state index contributed by atoms with van der Waals surface area (Å²) >= 11 is 2.97. The third-order valence-corrected chi connectivity index (χ3v) is 8.38. The van der Waals surface area contributed by atoms with Gasteiger partial charge in [-0.25, -0.2) is 0 Å². The highest BCUT2D eigenvalue weighted by molar-refractivity contribution is 8.01. The molecule has 1 N–H and O–H groups in total. The molecule has 4 aliphatic carbocycles. The van der Waals surface area contributed by atoms with Crippen LogP contribution >= 0.6 is 23.1 Å². The van der Waals surface area contributed by atoms with Crippen molar-refractivity contribution < 1.29 is 4.79 Å². The van der Waals surface area contributed by atoms with E-state index in [-0.39, 0.29) is 11.4 Å². The molecular formula is C19H27N5OS2. The molecule has 0 aromatic carbocycles. The van der Waals surface area contributed by atoms with Crippen molar-refractivity contribution >= 4 is 34.1 Å². The second kappa shape index (κ2) is 7.96. The largest absolute Gasteiger partial charge is 0.360 e. The van der Waals surface area contributed by atoms with Crippen LogP contribution < -0.4 is 5.32 Å². The highest BCUT2D eigenvalue weighted by atomic mass is 32.2. The maximum absolute atomic E-state index is 13.2. The van der Waals surface area contributed by atoms with Crippen molar-refractivity contribution in [1.82, 2.24) is 15.1 Å². The molecule has 6 nitrogen and oxygen atoms in total. The second-order valence-corrected chi connectivity index (χ2v) is 10.5. The number of carbonyl (C=O) groups excluding carboxylic acids is 1. The van der Waals surface area contributed by atoms with E-state index in [0.717, 1.165) is 53.0 Å². The SMILES string of the molecule is CCNc1nnc(SCC(=O)N(CCC#N)C23CC4CC(CC(C4)C2)C3)s1. The topological polar surface area (TPSA) is 81.9 Å². The molecule has 4 aliphatic rings. The minimum atomic E-state index is 0.0132. The van der Waals surface area contributed by atoms with Gasteiger partial charge in [-0.3, -0.25) is 4.79 Å². The van der Waals surface area contributed by atoms with Crippen molar-refractivity contribution in [3.63, 3.8) is 0 Å². The Morgan fingerprint density at radius 3 is 2.56 bits per heavy atom. The van der Waals surface area contributed by atoms with Crippen LogP contribution in [0.25, 0.3) is 0 Å². The van der Waals surface area contributed by atoms with Crippen LogP contribution in [0, 0.1) is 29.1 Å². The van der Waals surface area contributed by atoms with Gasteiger partial charge in [0, 0.05) is 18.6 Å². The molecule has 5 rings (SSSR count). The first-order chi connectivity index (χ1) is 13.1. The Balaban J connectivity index is 1.45. The van der Waals surface area contributed by atoms with E-state index in [4.69, 9.17) is 5.26 Å². The summed E-state index contributed by atoms with van der Waals surface area (Å²) in [6, 6.07) is 2.25. The molecule has 4 bridgehead atoms. The van der Waals surface area contributed by atoms with Gasteiger partial charge in [-0.1, -0.05) is 23.1 Å². The molecule has 1 aromatic rings. The van der Waals surface area contributed by atoms with Gasteiger partial charge in [0.2, 0.25) is 11.0 Å². The molecule has 27 heavy (non-hydrogen) atoms. The zero-order valence-corrected chi connectivity index (χ0v) is 17.4. The van der Waals surface area contributed by atoms with Crippen LogP contribution in [0.1, 0.15) is 51.9 Å². The van der Waals surface area contributed by atoms with Crippen LogP contribution in [0.15, 0.2) is 4.34 Å². The predicted octanol–water partition coefficient (Wildman–Crippen LogP) is 3.77. The first-order valence-corrected chi connectivity index (χ1v) is 11.8. The number of amides is 1. The molecule has 0 atom stereocenters. The number of nitrogens with one attached hydrogen (secondary N) is 1. The monoisotopic (exact) mass is 405 g/mol. The fourth-order valence-corrected chi connectivity index (χ4v) is 7.57. The highest BCUT2D eigenvalue weighted by Gasteiger charge is 2.54. The number of hydrogen-bond donors (Lipinski definition) is 1. The summed E-state index contributed by atoms with van der Waals surface area (Å²) in [5.41, 5.74) is 0.0132. The van der Waals surface area contributed by atoms with Gasteiger partial charge in [-0.2, -0.15) is 5.26 Å². The molecule has 1 aromatic heterocycles. The normalized spacial score (nSPS) is 30.9. The second-order valence-electron chi connectivity index (χ2n) is 8.29. The van der Waals surface area contributed by atoms with E-state index in [1.54, 1.807) is 0 Å². The number of nitrogens with zero attached hydrogens (tertiary/aromatic N) is 4. The molecule has 1 heterocycles. The first kappa shape index (κ1) is 19.0. The van der Waals surface area contributed by atoms with E-state index in [0.29, 0.717) is 18.7 Å². The van der Waals surface area contributed by atoms with Crippen molar-refractivity contribution in [3.8, 4) is 6.07 Å². The predicted molar refractivity (Wildman–Crippen MR) is 108 cm³/mol. The molecular weight excluding hydrogens is 378 g/mol. The van der Waals surface area contributed by atoms with E-state index in [2.05, 4.69) is 26.5 Å². The average Bonchev–Trinajstić information content (AvgIpc) is 3.07. The Labute approximate surface area is 169 Å². The van der Waals surface area contributed by atoms with E-state index >= 15 is 0 Å². The zero-order valence-electron chi connectivity index (χ0n) is 15.8. The molecule has 0 saturated heterocycles. The van der Waals surface area contributed by atoms with Crippen molar-refractivity contribution in [3.05, 3.63) is 0 Å². The zero-order chi connectivity index (χ0) is 18.9. The van der Waals surface area contributed by atoms with E-state index in [1.165, 1.54) is 42.4 Å². The van der Waals surface area contributed by atoms with Gasteiger partial charge in [0.05, 0.1) is 18.2 Å². The quantitative estimate of drug-likeness (QED) is 0.663. The van der Waals surface area contributed by atoms with Gasteiger partial charge in [0.15, 0.2) is 4.34 Å². The molecule has 0 aliphatic heterocycles. The van der Waals surface area contributed by atoms with Gasteiger partial charge in [0.25, 0.3) is 0 Å².